The number of anilines is 2. The minimum Gasteiger partial charge on any atom is -0.493 e. The maximum atomic E-state index is 13.2. The smallest absolute Gasteiger partial charge is 0.433 e. The van der Waals surface area contributed by atoms with Crippen LogP contribution in [0, 0.1) is 11.3 Å². The van der Waals surface area contributed by atoms with E-state index in [0.717, 1.165) is 13.1 Å². The van der Waals surface area contributed by atoms with Crippen molar-refractivity contribution in [2.45, 2.75) is 52.1 Å². The summed E-state index contributed by atoms with van der Waals surface area (Å²) >= 11 is 0. The van der Waals surface area contributed by atoms with E-state index in [1.807, 2.05) is 18.2 Å². The highest BCUT2D eigenvalue weighted by Gasteiger charge is 2.49. The molecule has 0 radical (unpaired) electrons. The number of amides is 1. The molecule has 1 aliphatic rings. The molecule has 3 aromatic heterocycles. The van der Waals surface area contributed by atoms with Gasteiger partial charge in [0, 0.05) is 42.6 Å². The third-order valence-corrected chi connectivity index (χ3v) is 8.27. The van der Waals surface area contributed by atoms with E-state index in [9.17, 15) is 27.9 Å². The van der Waals surface area contributed by atoms with Crippen LogP contribution in [0.4, 0.5) is 24.8 Å². The maximum Gasteiger partial charge on any atom is 0.433 e. The minimum atomic E-state index is -4.63. The Labute approximate surface area is 244 Å². The Kier molecular flexibility index (Phi) is 7.57. The summed E-state index contributed by atoms with van der Waals surface area (Å²) in [7, 11) is 1.14. The lowest BCUT2D eigenvalue weighted by atomic mass is 9.75. The molecule has 0 saturated heterocycles. The zero-order chi connectivity index (χ0) is 31.3. The summed E-state index contributed by atoms with van der Waals surface area (Å²) in [5, 5.41) is 16.2. The Bertz CT molecular complexity index is 1710. The van der Waals surface area contributed by atoms with E-state index in [-0.39, 0.29) is 35.6 Å². The minimum absolute atomic E-state index is 0.0678. The van der Waals surface area contributed by atoms with Gasteiger partial charge in [0.25, 0.3) is 5.91 Å². The van der Waals surface area contributed by atoms with Crippen molar-refractivity contribution in [1.29, 1.82) is 0 Å². The number of nitrogens with one attached hydrogen (secondary N) is 1. The lowest BCUT2D eigenvalue weighted by Crippen LogP contribution is -2.33. The fourth-order valence-electron chi connectivity index (χ4n) is 5.94. The van der Waals surface area contributed by atoms with E-state index in [4.69, 9.17) is 15.5 Å². The zero-order valence-corrected chi connectivity index (χ0v) is 24.1. The second-order valence-electron chi connectivity index (χ2n) is 11.0. The Morgan fingerprint density at radius 3 is 2.63 bits per heavy atom. The highest BCUT2D eigenvalue weighted by atomic mass is 19.4. The number of aliphatic carboxylic acids is 1. The predicted molar refractivity (Wildman–Crippen MR) is 152 cm³/mol. The van der Waals surface area contributed by atoms with Gasteiger partial charge in [-0.1, -0.05) is 13.8 Å². The molecule has 14 heteroatoms. The number of carboxylic acids is 1. The molecule has 5 rings (SSSR count). The predicted octanol–water partition coefficient (Wildman–Crippen LogP) is 5.38. The number of carboxylic acid groups (broad SMARTS) is 1. The SMILES string of the molecule is CCOc1cc(C(=O)Nc2cc(C(F)(F)F)n(C)n2)ccc1-c1nc([C@H]2CC[C@@](C(=O)O)(C(C)C)C2)n2ccnc(N)c12. The van der Waals surface area contributed by atoms with E-state index in [1.54, 1.807) is 25.4 Å². The van der Waals surface area contributed by atoms with Crippen molar-refractivity contribution in [1.82, 2.24) is 24.1 Å². The fourth-order valence-corrected chi connectivity index (χ4v) is 5.94. The summed E-state index contributed by atoms with van der Waals surface area (Å²) in [5.74, 6) is -0.800. The summed E-state index contributed by atoms with van der Waals surface area (Å²) in [6.45, 7) is 5.86. The average molecular weight is 600 g/mol. The lowest BCUT2D eigenvalue weighted by Gasteiger charge is -2.28. The number of fused-ring (bicyclic) bond motifs is 1. The van der Waals surface area contributed by atoms with Crippen molar-refractivity contribution in [2.24, 2.45) is 18.4 Å². The molecule has 228 valence electrons. The highest BCUT2D eigenvalue weighted by molar-refractivity contribution is 6.04. The number of alkyl halides is 3. The summed E-state index contributed by atoms with van der Waals surface area (Å²) < 4.78 is 47.9. The van der Waals surface area contributed by atoms with Gasteiger partial charge in [-0.15, -0.1) is 0 Å². The molecular formula is C29H32F3N7O4. The number of carbonyl (C=O) groups excluding carboxylic acids is 1. The number of imidazole rings is 1. The van der Waals surface area contributed by atoms with Gasteiger partial charge in [0.2, 0.25) is 0 Å². The topological polar surface area (TPSA) is 150 Å². The highest BCUT2D eigenvalue weighted by Crippen LogP contribution is 2.51. The number of benzene rings is 1. The van der Waals surface area contributed by atoms with Crippen molar-refractivity contribution < 1.29 is 32.6 Å². The van der Waals surface area contributed by atoms with Crippen molar-refractivity contribution in [3.63, 3.8) is 0 Å². The van der Waals surface area contributed by atoms with Crippen LogP contribution >= 0.6 is 0 Å². The third kappa shape index (κ3) is 5.25. The van der Waals surface area contributed by atoms with Gasteiger partial charge in [-0.3, -0.25) is 18.7 Å². The number of hydrogen-bond donors (Lipinski definition) is 3. The number of aryl methyl sites for hydroxylation is 1. The molecule has 2 atom stereocenters. The van der Waals surface area contributed by atoms with Crippen LogP contribution in [-0.2, 0) is 18.0 Å². The molecule has 1 aliphatic carbocycles. The molecular weight excluding hydrogens is 567 g/mol. The first-order valence-electron chi connectivity index (χ1n) is 13.8. The fraction of sp³-hybridized carbons (Fsp3) is 0.414. The number of nitrogens with zero attached hydrogens (tertiary/aromatic N) is 5. The van der Waals surface area contributed by atoms with E-state index in [1.165, 1.54) is 12.1 Å². The van der Waals surface area contributed by atoms with Crippen molar-refractivity contribution >= 4 is 29.0 Å². The largest absolute Gasteiger partial charge is 0.493 e. The zero-order valence-electron chi connectivity index (χ0n) is 24.1. The lowest BCUT2D eigenvalue weighted by molar-refractivity contribution is -0.151. The number of carbonyl (C=O) groups is 2. The number of aromatic nitrogens is 5. The number of nitrogens with two attached hydrogens (primary N) is 1. The number of hydrogen-bond acceptors (Lipinski definition) is 7. The Hall–Kier alpha value is -4.62. The van der Waals surface area contributed by atoms with Gasteiger partial charge in [-0.2, -0.15) is 18.3 Å². The Morgan fingerprint density at radius 2 is 2.02 bits per heavy atom. The van der Waals surface area contributed by atoms with Gasteiger partial charge in [-0.25, -0.2) is 9.97 Å². The van der Waals surface area contributed by atoms with Crippen LogP contribution in [0.15, 0.2) is 36.7 Å². The van der Waals surface area contributed by atoms with Crippen molar-refractivity contribution in [2.75, 3.05) is 17.7 Å². The van der Waals surface area contributed by atoms with E-state index < -0.39 is 29.2 Å². The number of rotatable bonds is 8. The molecule has 1 aromatic carbocycles. The molecule has 4 N–H and O–H groups in total. The molecule has 0 bridgehead atoms. The molecule has 3 heterocycles. The molecule has 1 fully saturated rings. The number of ether oxygens (including phenoxy) is 1. The molecule has 0 aliphatic heterocycles. The monoisotopic (exact) mass is 599 g/mol. The molecule has 4 aromatic rings. The van der Waals surface area contributed by atoms with Gasteiger partial charge in [-0.05, 0) is 50.3 Å². The van der Waals surface area contributed by atoms with Crippen LogP contribution in [0.5, 0.6) is 5.75 Å². The van der Waals surface area contributed by atoms with Gasteiger partial charge < -0.3 is 20.9 Å². The average Bonchev–Trinajstić information content (AvgIpc) is 3.65. The first-order valence-corrected chi connectivity index (χ1v) is 13.8. The summed E-state index contributed by atoms with van der Waals surface area (Å²) in [4.78, 5) is 34.5. The first kappa shape index (κ1) is 29.9. The van der Waals surface area contributed by atoms with Gasteiger partial charge in [0.05, 0.1) is 12.0 Å². The second-order valence-corrected chi connectivity index (χ2v) is 11.0. The van der Waals surface area contributed by atoms with E-state index >= 15 is 0 Å². The standard InChI is InChI=1S/C29H32F3N7O4/c1-5-43-19-12-16(26(40)35-21-13-20(29(30,31)32)38(4)37-21)6-7-18(19)22-23-24(33)34-10-11-39(23)25(36-22)17-8-9-28(14-17,15(2)3)27(41)42/h6-7,10-13,15,17H,5,8-9,14H2,1-4H3,(H2,33,34)(H,41,42)(H,35,37,40)/t17-,28-/m0/s1. The van der Waals surface area contributed by atoms with Crippen LogP contribution in [0.1, 0.15) is 67.8 Å². The number of nitrogen functional groups attached to an aromatic ring is 1. The van der Waals surface area contributed by atoms with Crippen LogP contribution in [-0.4, -0.2) is 47.7 Å². The molecule has 1 saturated carbocycles. The summed E-state index contributed by atoms with van der Waals surface area (Å²) in [5.41, 5.74) is 6.07. The second kappa shape index (κ2) is 10.9. The Morgan fingerprint density at radius 1 is 1.28 bits per heavy atom. The van der Waals surface area contributed by atoms with Crippen LogP contribution in [0.2, 0.25) is 0 Å². The number of halogens is 3. The van der Waals surface area contributed by atoms with Gasteiger partial charge in [0.1, 0.15) is 34.3 Å². The third-order valence-electron chi connectivity index (χ3n) is 8.27. The van der Waals surface area contributed by atoms with Crippen molar-refractivity contribution in [3.05, 3.63) is 53.7 Å². The van der Waals surface area contributed by atoms with Crippen LogP contribution in [0.3, 0.4) is 0 Å². The molecule has 11 nitrogen and oxygen atoms in total. The first-order chi connectivity index (χ1) is 20.3. The normalized spacial score (nSPS) is 18.8. The van der Waals surface area contributed by atoms with Gasteiger partial charge >= 0.3 is 12.1 Å². The van der Waals surface area contributed by atoms with E-state index in [0.29, 0.717) is 52.3 Å². The summed E-state index contributed by atoms with van der Waals surface area (Å²) in [6.07, 6.45) is 0.230. The molecule has 1 amide bonds. The van der Waals surface area contributed by atoms with Crippen molar-refractivity contribution in [3.8, 4) is 17.0 Å². The van der Waals surface area contributed by atoms with E-state index in [2.05, 4.69) is 15.4 Å². The molecule has 0 spiro atoms. The van der Waals surface area contributed by atoms with Crippen LogP contribution in [0.25, 0.3) is 16.8 Å². The van der Waals surface area contributed by atoms with Crippen LogP contribution < -0.4 is 15.8 Å². The summed E-state index contributed by atoms with van der Waals surface area (Å²) in [6, 6.07) is 5.36. The van der Waals surface area contributed by atoms with Gasteiger partial charge in [0.15, 0.2) is 5.82 Å². The molecule has 43 heavy (non-hydrogen) atoms. The Balaban J connectivity index is 1.53. The molecule has 0 unspecified atom stereocenters. The quantitative estimate of drug-likeness (QED) is 0.245. The maximum absolute atomic E-state index is 13.2.